The van der Waals surface area contributed by atoms with Crippen LogP contribution in [0.1, 0.15) is 0 Å². The molecule has 12 nitrogen and oxygen atoms in total. The molecule has 84 valence electrons. The summed E-state index contributed by atoms with van der Waals surface area (Å²) in [7, 11) is 0. The minimum Gasteiger partial charge on any atom is -0.356 e. The Morgan fingerprint density at radius 2 is 0.538 bits per heavy atom. The van der Waals surface area contributed by atoms with Crippen LogP contribution in [0.5, 0.6) is 0 Å². The summed E-state index contributed by atoms with van der Waals surface area (Å²) in [6.07, 6.45) is 0. The standard InChI is InChI=1S/3NO3.Yb/c3*2-1(3)4;/q3*-1;+2. The third kappa shape index (κ3) is 1190. The molecule has 0 radical (unpaired) electrons. The van der Waals surface area contributed by atoms with Crippen molar-refractivity contribution < 1.29 is 62.2 Å². The van der Waals surface area contributed by atoms with E-state index in [9.17, 15) is 0 Å². The molecule has 0 spiro atoms. The van der Waals surface area contributed by atoms with Crippen molar-refractivity contribution in [1.82, 2.24) is 0 Å². The van der Waals surface area contributed by atoms with Crippen LogP contribution in [0.15, 0.2) is 0 Å². The summed E-state index contributed by atoms with van der Waals surface area (Å²) < 4.78 is 0. The molecular weight excluding hydrogens is 359 g/mol. The first kappa shape index (κ1) is 22.7. The average Bonchev–Trinajstić information content (AvgIpc) is 1.54. The van der Waals surface area contributed by atoms with Crippen molar-refractivity contribution >= 4 is 0 Å². The zero-order valence-electron chi connectivity index (χ0n) is 5.28. The Bertz CT molecular complexity index is 112. The maximum absolute atomic E-state index is 8.25. The SMILES string of the molecule is O=[N+]([O-])[O-].O=[N+]([O-])[O-].O=[N+]([O-])[O-].[Yb+2]. The number of hydrogen-bond donors (Lipinski definition) is 0. The van der Waals surface area contributed by atoms with Crippen LogP contribution in [0.2, 0.25) is 0 Å². The minimum absolute atomic E-state index is 0. The van der Waals surface area contributed by atoms with Gasteiger partial charge in [0.15, 0.2) is 0 Å². The molecule has 0 heterocycles. The first-order chi connectivity index (χ1) is 5.20. The van der Waals surface area contributed by atoms with Crippen molar-refractivity contribution in [2.45, 2.75) is 0 Å². The van der Waals surface area contributed by atoms with E-state index in [2.05, 4.69) is 0 Å². The maximum atomic E-state index is 8.25. The van der Waals surface area contributed by atoms with Crippen LogP contribution in [-0.2, 0) is 0 Å². The van der Waals surface area contributed by atoms with Gasteiger partial charge in [-0.05, 0) is 0 Å². The van der Waals surface area contributed by atoms with Gasteiger partial charge in [0.25, 0.3) is 0 Å². The van der Waals surface area contributed by atoms with Gasteiger partial charge in [0.1, 0.15) is 0 Å². The summed E-state index contributed by atoms with van der Waals surface area (Å²) in [6, 6.07) is 0. The van der Waals surface area contributed by atoms with Gasteiger partial charge in [0, 0.05) is 0 Å². The third-order valence-electron chi connectivity index (χ3n) is 0. The fourth-order valence-corrected chi connectivity index (χ4v) is 0. The van der Waals surface area contributed by atoms with Crippen LogP contribution < -0.4 is 0 Å². The normalized spacial score (nSPS) is 5.54. The molecule has 0 aliphatic carbocycles. The van der Waals surface area contributed by atoms with Gasteiger partial charge >= 0.3 is 46.9 Å². The van der Waals surface area contributed by atoms with E-state index in [0.29, 0.717) is 0 Å². The fourth-order valence-electron chi connectivity index (χ4n) is 0. The maximum Gasteiger partial charge on any atom is 2.00 e. The van der Waals surface area contributed by atoms with E-state index in [1.54, 1.807) is 0 Å². The second-order valence-corrected chi connectivity index (χ2v) is 0.671. The summed E-state index contributed by atoms with van der Waals surface area (Å²) in [4.78, 5) is 24.8. The Morgan fingerprint density at radius 3 is 0.538 bits per heavy atom. The quantitative estimate of drug-likeness (QED) is 0.395. The van der Waals surface area contributed by atoms with E-state index >= 15 is 0 Å². The Hall–Kier alpha value is -0.881. The van der Waals surface area contributed by atoms with Crippen LogP contribution in [0, 0.1) is 92.9 Å². The molecule has 0 saturated heterocycles. The molecule has 0 saturated carbocycles. The van der Waals surface area contributed by atoms with Gasteiger partial charge < -0.3 is 46.0 Å². The topological polar surface area (TPSA) is 199 Å². The molecule has 13 heteroatoms. The molecule has 0 aromatic heterocycles. The molecule has 0 atom stereocenters. The fraction of sp³-hybridized carbons (Fsp3) is 0. The summed E-state index contributed by atoms with van der Waals surface area (Å²) >= 11 is 0. The average molecular weight is 359 g/mol. The molecule has 0 N–H and O–H groups in total. The molecule has 0 amide bonds. The van der Waals surface area contributed by atoms with Crippen molar-refractivity contribution in [1.29, 1.82) is 0 Å². The van der Waals surface area contributed by atoms with Gasteiger partial charge in [-0.3, -0.25) is 0 Å². The van der Waals surface area contributed by atoms with Crippen LogP contribution >= 0.6 is 0 Å². The Kier molecular flexibility index (Phi) is 30.2. The third-order valence-corrected chi connectivity index (χ3v) is 0. The number of rotatable bonds is 0. The number of hydrogen-bond acceptors (Lipinski definition) is 9. The number of nitrogens with zero attached hydrogens (tertiary/aromatic N) is 3. The van der Waals surface area contributed by atoms with Crippen molar-refractivity contribution in [3.8, 4) is 0 Å². The molecule has 0 bridgehead atoms. The van der Waals surface area contributed by atoms with Gasteiger partial charge in [0.2, 0.25) is 0 Å². The summed E-state index contributed by atoms with van der Waals surface area (Å²) in [5.41, 5.74) is 0. The van der Waals surface area contributed by atoms with Gasteiger partial charge in [0.05, 0.1) is 15.3 Å². The monoisotopic (exact) mass is 360 g/mol. The van der Waals surface area contributed by atoms with Crippen LogP contribution in [0.4, 0.5) is 0 Å². The molecular formula is N3O9Yb-. The predicted octanol–water partition coefficient (Wildman–Crippen LogP) is -0.717. The van der Waals surface area contributed by atoms with E-state index in [-0.39, 0.29) is 46.9 Å². The zero-order valence-corrected chi connectivity index (χ0v) is 7.00. The van der Waals surface area contributed by atoms with Crippen molar-refractivity contribution in [2.75, 3.05) is 0 Å². The van der Waals surface area contributed by atoms with Crippen molar-refractivity contribution in [3.63, 3.8) is 0 Å². The van der Waals surface area contributed by atoms with Crippen LogP contribution in [-0.4, -0.2) is 15.3 Å². The summed E-state index contributed by atoms with van der Waals surface area (Å²) in [5, 5.41) is 44.2. The molecule has 0 aliphatic heterocycles. The molecule has 0 aromatic rings. The molecule has 0 aromatic carbocycles. The summed E-state index contributed by atoms with van der Waals surface area (Å²) in [6.45, 7) is 0. The summed E-state index contributed by atoms with van der Waals surface area (Å²) in [5.74, 6) is 0. The molecule has 13 heavy (non-hydrogen) atoms. The van der Waals surface area contributed by atoms with Crippen molar-refractivity contribution in [2.24, 2.45) is 0 Å². The Labute approximate surface area is 107 Å². The second-order valence-electron chi connectivity index (χ2n) is 0.671. The largest absolute Gasteiger partial charge is 2.00 e. The van der Waals surface area contributed by atoms with E-state index in [1.165, 1.54) is 0 Å². The van der Waals surface area contributed by atoms with Gasteiger partial charge in [-0.15, -0.1) is 0 Å². The molecule has 0 rings (SSSR count). The van der Waals surface area contributed by atoms with Crippen LogP contribution in [0.25, 0.3) is 0 Å². The van der Waals surface area contributed by atoms with E-state index < -0.39 is 15.3 Å². The molecule has 0 unspecified atom stereocenters. The first-order valence-corrected chi connectivity index (χ1v) is 1.64. The Balaban J connectivity index is -0.0000000450. The van der Waals surface area contributed by atoms with E-state index in [4.69, 9.17) is 46.0 Å². The van der Waals surface area contributed by atoms with Gasteiger partial charge in [-0.25, -0.2) is 0 Å². The van der Waals surface area contributed by atoms with Crippen molar-refractivity contribution in [3.05, 3.63) is 46.0 Å². The van der Waals surface area contributed by atoms with Gasteiger partial charge in [-0.1, -0.05) is 0 Å². The Morgan fingerprint density at radius 1 is 0.538 bits per heavy atom. The van der Waals surface area contributed by atoms with Crippen LogP contribution in [0.3, 0.4) is 0 Å². The zero-order chi connectivity index (χ0) is 10.7. The molecule has 0 aliphatic rings. The molecule has 0 fully saturated rings. The van der Waals surface area contributed by atoms with E-state index in [0.717, 1.165) is 0 Å². The predicted molar refractivity (Wildman–Crippen MR) is 31.1 cm³/mol. The minimum atomic E-state index is -1.75. The first-order valence-electron chi connectivity index (χ1n) is 1.64. The van der Waals surface area contributed by atoms with Gasteiger partial charge in [-0.2, -0.15) is 0 Å². The van der Waals surface area contributed by atoms with E-state index in [1.807, 2.05) is 0 Å². The smallest absolute Gasteiger partial charge is 0.356 e. The second kappa shape index (κ2) is 17.3.